The minimum Gasteiger partial charge on any atom is -0.493 e. The first kappa shape index (κ1) is 18.6. The zero-order valence-corrected chi connectivity index (χ0v) is 15.1. The molecule has 0 aliphatic heterocycles. The van der Waals surface area contributed by atoms with Gasteiger partial charge in [-0.05, 0) is 44.9 Å². The predicted octanol–water partition coefficient (Wildman–Crippen LogP) is 3.15. The number of nitrogen functional groups attached to an aromatic ring is 2. The average molecular weight is 342 g/mol. The smallest absolute Gasteiger partial charge is 0.221 e. The van der Waals surface area contributed by atoms with Crippen molar-refractivity contribution < 1.29 is 9.47 Å². The van der Waals surface area contributed by atoms with E-state index in [2.05, 4.69) is 16.0 Å². The standard InChI is InChI=1S/C19H26N4O2/c1-4-7-8-15-16(24-5-2)10-13(11-17(15)25-6-3)9-14-12-22-19(21)23-18(14)20/h4,7,10-12H,5-6,8-9H2,1-3H3,(H4,20,21,22,23). The lowest BCUT2D eigenvalue weighted by Crippen LogP contribution is -2.06. The Labute approximate surface area is 148 Å². The zero-order chi connectivity index (χ0) is 18.2. The fraction of sp³-hybridized carbons (Fsp3) is 0.368. The topological polar surface area (TPSA) is 96.3 Å². The summed E-state index contributed by atoms with van der Waals surface area (Å²) in [4.78, 5) is 8.04. The van der Waals surface area contributed by atoms with Gasteiger partial charge in [-0.2, -0.15) is 4.98 Å². The fourth-order valence-electron chi connectivity index (χ4n) is 2.57. The summed E-state index contributed by atoms with van der Waals surface area (Å²) in [6, 6.07) is 4.06. The summed E-state index contributed by atoms with van der Waals surface area (Å²) in [5.41, 5.74) is 14.4. The zero-order valence-electron chi connectivity index (χ0n) is 15.1. The Bertz CT molecular complexity index is 717. The van der Waals surface area contributed by atoms with Gasteiger partial charge in [0.1, 0.15) is 17.3 Å². The van der Waals surface area contributed by atoms with Crippen molar-refractivity contribution in [2.45, 2.75) is 33.6 Å². The Balaban J connectivity index is 2.43. The second kappa shape index (κ2) is 8.92. The summed E-state index contributed by atoms with van der Waals surface area (Å²) >= 11 is 0. The Morgan fingerprint density at radius 1 is 1.08 bits per heavy atom. The fourth-order valence-corrected chi connectivity index (χ4v) is 2.57. The Hall–Kier alpha value is -2.76. The van der Waals surface area contributed by atoms with Crippen molar-refractivity contribution >= 4 is 11.8 Å². The molecule has 0 saturated heterocycles. The van der Waals surface area contributed by atoms with E-state index in [1.807, 2.05) is 39.0 Å². The van der Waals surface area contributed by atoms with Gasteiger partial charge in [-0.15, -0.1) is 0 Å². The molecule has 0 amide bonds. The highest BCUT2D eigenvalue weighted by Gasteiger charge is 2.14. The van der Waals surface area contributed by atoms with Crippen LogP contribution in [-0.2, 0) is 12.8 Å². The molecular formula is C19H26N4O2. The van der Waals surface area contributed by atoms with E-state index in [0.717, 1.165) is 34.6 Å². The molecule has 0 atom stereocenters. The lowest BCUT2D eigenvalue weighted by molar-refractivity contribution is 0.317. The summed E-state index contributed by atoms with van der Waals surface area (Å²) < 4.78 is 11.7. The van der Waals surface area contributed by atoms with Crippen LogP contribution in [0.4, 0.5) is 11.8 Å². The first-order chi connectivity index (χ1) is 12.1. The normalized spacial score (nSPS) is 11.0. The number of nitrogens with zero attached hydrogens (tertiary/aromatic N) is 2. The maximum absolute atomic E-state index is 5.96. The first-order valence-corrected chi connectivity index (χ1v) is 8.48. The van der Waals surface area contributed by atoms with E-state index in [4.69, 9.17) is 20.9 Å². The van der Waals surface area contributed by atoms with E-state index < -0.39 is 0 Å². The first-order valence-electron chi connectivity index (χ1n) is 8.48. The number of hydrogen-bond acceptors (Lipinski definition) is 6. The van der Waals surface area contributed by atoms with Gasteiger partial charge < -0.3 is 20.9 Å². The van der Waals surface area contributed by atoms with Crippen LogP contribution in [0.2, 0.25) is 0 Å². The van der Waals surface area contributed by atoms with Gasteiger partial charge in [-0.3, -0.25) is 0 Å². The van der Waals surface area contributed by atoms with E-state index in [1.54, 1.807) is 6.20 Å². The van der Waals surface area contributed by atoms with E-state index in [9.17, 15) is 0 Å². The number of allylic oxidation sites excluding steroid dienone is 2. The van der Waals surface area contributed by atoms with Crippen LogP contribution in [-0.4, -0.2) is 23.2 Å². The number of benzene rings is 1. The minimum atomic E-state index is 0.174. The van der Waals surface area contributed by atoms with Gasteiger partial charge in [-0.25, -0.2) is 4.98 Å². The predicted molar refractivity (Wildman–Crippen MR) is 101 cm³/mol. The number of aromatic nitrogens is 2. The van der Waals surface area contributed by atoms with E-state index >= 15 is 0 Å². The SMILES string of the molecule is CC=CCc1c(OCC)cc(Cc2cnc(N)nc2N)cc1OCC. The summed E-state index contributed by atoms with van der Waals surface area (Å²) in [6.45, 7) is 7.12. The van der Waals surface area contributed by atoms with Gasteiger partial charge in [0.15, 0.2) is 0 Å². The highest BCUT2D eigenvalue weighted by atomic mass is 16.5. The molecule has 2 rings (SSSR count). The van der Waals surface area contributed by atoms with Crippen molar-refractivity contribution in [1.82, 2.24) is 9.97 Å². The molecular weight excluding hydrogens is 316 g/mol. The summed E-state index contributed by atoms with van der Waals surface area (Å²) in [7, 11) is 0. The van der Waals surface area contributed by atoms with Crippen molar-refractivity contribution in [3.8, 4) is 11.5 Å². The minimum absolute atomic E-state index is 0.174. The summed E-state index contributed by atoms with van der Waals surface area (Å²) in [5.74, 6) is 2.22. The van der Waals surface area contributed by atoms with Crippen molar-refractivity contribution in [1.29, 1.82) is 0 Å². The summed E-state index contributed by atoms with van der Waals surface area (Å²) in [5, 5.41) is 0. The highest BCUT2D eigenvalue weighted by molar-refractivity contribution is 5.52. The van der Waals surface area contributed by atoms with Crippen LogP contribution >= 0.6 is 0 Å². The van der Waals surface area contributed by atoms with E-state index in [1.165, 1.54) is 0 Å². The number of hydrogen-bond donors (Lipinski definition) is 2. The van der Waals surface area contributed by atoms with Crippen molar-refractivity contribution in [3.05, 3.63) is 47.2 Å². The van der Waals surface area contributed by atoms with Crippen LogP contribution in [0, 0.1) is 0 Å². The molecule has 0 unspecified atom stereocenters. The molecule has 0 bridgehead atoms. The second-order valence-electron chi connectivity index (χ2n) is 5.53. The van der Waals surface area contributed by atoms with Gasteiger partial charge in [0.2, 0.25) is 5.95 Å². The van der Waals surface area contributed by atoms with Gasteiger partial charge in [0.05, 0.1) is 13.2 Å². The number of nitrogens with two attached hydrogens (primary N) is 2. The lowest BCUT2D eigenvalue weighted by Gasteiger charge is -2.17. The average Bonchev–Trinajstić information content (AvgIpc) is 2.57. The Morgan fingerprint density at radius 3 is 2.24 bits per heavy atom. The molecule has 25 heavy (non-hydrogen) atoms. The third kappa shape index (κ3) is 4.86. The van der Waals surface area contributed by atoms with Crippen LogP contribution in [0.25, 0.3) is 0 Å². The van der Waals surface area contributed by atoms with Crippen molar-refractivity contribution in [3.63, 3.8) is 0 Å². The van der Waals surface area contributed by atoms with Crippen LogP contribution in [0.5, 0.6) is 11.5 Å². The van der Waals surface area contributed by atoms with Gasteiger partial charge >= 0.3 is 0 Å². The molecule has 2 aromatic rings. The van der Waals surface area contributed by atoms with Crippen molar-refractivity contribution in [2.75, 3.05) is 24.7 Å². The molecule has 1 aromatic carbocycles. The van der Waals surface area contributed by atoms with Crippen LogP contribution in [0.3, 0.4) is 0 Å². The molecule has 6 nitrogen and oxygen atoms in total. The van der Waals surface area contributed by atoms with Gasteiger partial charge in [-0.1, -0.05) is 12.2 Å². The van der Waals surface area contributed by atoms with Crippen LogP contribution < -0.4 is 20.9 Å². The monoisotopic (exact) mass is 342 g/mol. The molecule has 0 aliphatic carbocycles. The molecule has 1 aromatic heterocycles. The molecule has 0 aliphatic rings. The molecule has 0 saturated carbocycles. The molecule has 1 heterocycles. The van der Waals surface area contributed by atoms with Crippen LogP contribution in [0.15, 0.2) is 30.5 Å². The maximum Gasteiger partial charge on any atom is 0.221 e. The van der Waals surface area contributed by atoms with Gasteiger partial charge in [0, 0.05) is 23.7 Å². The third-order valence-corrected chi connectivity index (χ3v) is 3.70. The molecule has 0 radical (unpaired) electrons. The van der Waals surface area contributed by atoms with E-state index in [-0.39, 0.29) is 5.95 Å². The largest absolute Gasteiger partial charge is 0.493 e. The maximum atomic E-state index is 5.96. The Kier molecular flexibility index (Phi) is 6.62. The lowest BCUT2D eigenvalue weighted by atomic mass is 10.0. The molecule has 0 spiro atoms. The number of anilines is 2. The third-order valence-electron chi connectivity index (χ3n) is 3.70. The quantitative estimate of drug-likeness (QED) is 0.715. The summed E-state index contributed by atoms with van der Waals surface area (Å²) in [6.07, 6.45) is 7.11. The second-order valence-corrected chi connectivity index (χ2v) is 5.53. The Morgan fingerprint density at radius 2 is 1.72 bits per heavy atom. The molecule has 6 heteroatoms. The highest BCUT2D eigenvalue weighted by Crippen LogP contribution is 2.33. The molecule has 4 N–H and O–H groups in total. The molecule has 0 fully saturated rings. The molecule has 134 valence electrons. The number of rotatable bonds is 8. The van der Waals surface area contributed by atoms with Crippen LogP contribution in [0.1, 0.15) is 37.5 Å². The van der Waals surface area contributed by atoms with E-state index in [0.29, 0.717) is 25.5 Å². The number of ether oxygens (including phenoxy) is 2. The van der Waals surface area contributed by atoms with Crippen molar-refractivity contribution in [2.24, 2.45) is 0 Å². The van der Waals surface area contributed by atoms with Gasteiger partial charge in [0.25, 0.3) is 0 Å².